The molecule has 0 aromatic heterocycles. The number of nitrogens with zero attached hydrogens (tertiary/aromatic N) is 1. The molecule has 1 fully saturated rings. The van der Waals surface area contributed by atoms with Crippen LogP contribution in [0.2, 0.25) is 0 Å². The SMILES string of the molecule is C[C@@H](Oc1ccc2ccccc2c1)C(=O)Nc1ccc(OC2CCN(C)CC2)cc1. The summed E-state index contributed by atoms with van der Waals surface area (Å²) in [6.45, 7) is 3.88. The average molecular weight is 405 g/mol. The van der Waals surface area contributed by atoms with Crippen molar-refractivity contribution in [3.63, 3.8) is 0 Å². The highest BCUT2D eigenvalue weighted by molar-refractivity contribution is 5.94. The van der Waals surface area contributed by atoms with E-state index in [-0.39, 0.29) is 12.0 Å². The molecular weight excluding hydrogens is 376 g/mol. The molecule has 1 amide bonds. The number of fused-ring (bicyclic) bond motifs is 1. The van der Waals surface area contributed by atoms with Crippen molar-refractivity contribution in [1.29, 1.82) is 0 Å². The molecule has 30 heavy (non-hydrogen) atoms. The van der Waals surface area contributed by atoms with E-state index in [4.69, 9.17) is 9.47 Å². The Hall–Kier alpha value is -3.05. The summed E-state index contributed by atoms with van der Waals surface area (Å²) in [5.74, 6) is 1.33. The highest BCUT2D eigenvalue weighted by atomic mass is 16.5. The fourth-order valence-corrected chi connectivity index (χ4v) is 3.65. The lowest BCUT2D eigenvalue weighted by molar-refractivity contribution is -0.122. The fraction of sp³-hybridized carbons (Fsp3) is 0.320. The summed E-state index contributed by atoms with van der Waals surface area (Å²) < 4.78 is 11.9. The number of rotatable bonds is 6. The Bertz CT molecular complexity index is 995. The van der Waals surface area contributed by atoms with Crippen molar-refractivity contribution in [2.45, 2.75) is 32.0 Å². The zero-order valence-electron chi connectivity index (χ0n) is 17.5. The summed E-state index contributed by atoms with van der Waals surface area (Å²) in [6.07, 6.45) is 1.73. The molecule has 1 aliphatic heterocycles. The Labute approximate surface area is 177 Å². The third-order valence-electron chi connectivity index (χ3n) is 5.49. The summed E-state index contributed by atoms with van der Waals surface area (Å²) in [5.41, 5.74) is 0.727. The summed E-state index contributed by atoms with van der Waals surface area (Å²) in [4.78, 5) is 14.9. The molecule has 5 heteroatoms. The largest absolute Gasteiger partial charge is 0.490 e. The van der Waals surface area contributed by atoms with Gasteiger partial charge in [0.25, 0.3) is 5.91 Å². The average Bonchev–Trinajstić information content (AvgIpc) is 2.76. The number of likely N-dealkylation sites (tertiary alicyclic amines) is 1. The summed E-state index contributed by atoms with van der Waals surface area (Å²) in [6, 6.07) is 21.5. The second-order valence-electron chi connectivity index (χ2n) is 7.90. The normalized spacial score (nSPS) is 16.2. The Balaban J connectivity index is 1.31. The molecule has 156 valence electrons. The number of carbonyl (C=O) groups excluding carboxylic acids is 1. The van der Waals surface area contributed by atoms with E-state index in [9.17, 15) is 4.79 Å². The van der Waals surface area contributed by atoms with Gasteiger partial charge < -0.3 is 19.7 Å². The van der Waals surface area contributed by atoms with Gasteiger partial charge in [-0.05, 0) is 74.0 Å². The molecule has 0 unspecified atom stereocenters. The van der Waals surface area contributed by atoms with Crippen molar-refractivity contribution in [3.05, 3.63) is 66.7 Å². The molecule has 0 saturated carbocycles. The Morgan fingerprint density at radius 1 is 0.967 bits per heavy atom. The van der Waals surface area contributed by atoms with Gasteiger partial charge in [-0.25, -0.2) is 0 Å². The third-order valence-corrected chi connectivity index (χ3v) is 5.49. The highest BCUT2D eigenvalue weighted by Gasteiger charge is 2.18. The molecular formula is C25H28N2O3. The number of benzene rings is 3. The van der Waals surface area contributed by atoms with Gasteiger partial charge in [0.1, 0.15) is 17.6 Å². The molecule has 0 radical (unpaired) electrons. The van der Waals surface area contributed by atoms with Crippen LogP contribution in [0, 0.1) is 0 Å². The van der Waals surface area contributed by atoms with Crippen LogP contribution in [0.4, 0.5) is 5.69 Å². The Morgan fingerprint density at radius 3 is 2.37 bits per heavy atom. The number of carbonyl (C=O) groups is 1. The van der Waals surface area contributed by atoms with Crippen LogP contribution in [0.15, 0.2) is 66.7 Å². The molecule has 4 rings (SSSR count). The smallest absolute Gasteiger partial charge is 0.265 e. The van der Waals surface area contributed by atoms with Crippen LogP contribution in [-0.2, 0) is 4.79 Å². The minimum atomic E-state index is -0.610. The number of ether oxygens (including phenoxy) is 2. The van der Waals surface area contributed by atoms with Gasteiger partial charge in [0.05, 0.1) is 0 Å². The molecule has 1 N–H and O–H groups in total. The molecule has 1 atom stereocenters. The molecule has 1 heterocycles. The molecule has 1 aliphatic rings. The standard InChI is InChI=1S/C25H28N2O3/c1-18(29-24-10-7-19-5-3-4-6-20(19)17-24)25(28)26-21-8-11-22(12-9-21)30-23-13-15-27(2)16-14-23/h3-12,17-18,23H,13-16H2,1-2H3,(H,26,28)/t18-/m1/s1. The van der Waals surface area contributed by atoms with E-state index in [1.165, 1.54) is 0 Å². The van der Waals surface area contributed by atoms with Gasteiger partial charge in [-0.3, -0.25) is 4.79 Å². The quantitative estimate of drug-likeness (QED) is 0.646. The maximum Gasteiger partial charge on any atom is 0.265 e. The van der Waals surface area contributed by atoms with E-state index in [1.807, 2.05) is 60.7 Å². The molecule has 0 aliphatic carbocycles. The first-order valence-electron chi connectivity index (χ1n) is 10.5. The van der Waals surface area contributed by atoms with Crippen molar-refractivity contribution in [2.75, 3.05) is 25.5 Å². The number of amides is 1. The zero-order chi connectivity index (χ0) is 20.9. The van der Waals surface area contributed by atoms with Crippen molar-refractivity contribution < 1.29 is 14.3 Å². The minimum absolute atomic E-state index is 0.188. The van der Waals surface area contributed by atoms with E-state index >= 15 is 0 Å². The Kier molecular flexibility index (Phi) is 6.19. The first-order valence-corrected chi connectivity index (χ1v) is 10.5. The highest BCUT2D eigenvalue weighted by Crippen LogP contribution is 2.23. The maximum absolute atomic E-state index is 12.5. The van der Waals surface area contributed by atoms with Crippen molar-refractivity contribution in [3.8, 4) is 11.5 Å². The second-order valence-corrected chi connectivity index (χ2v) is 7.90. The number of hydrogen-bond acceptors (Lipinski definition) is 4. The van der Waals surface area contributed by atoms with Crippen molar-refractivity contribution >= 4 is 22.4 Å². The van der Waals surface area contributed by atoms with Gasteiger partial charge >= 0.3 is 0 Å². The number of nitrogens with one attached hydrogen (secondary N) is 1. The number of piperidine rings is 1. The van der Waals surface area contributed by atoms with E-state index < -0.39 is 6.10 Å². The maximum atomic E-state index is 12.5. The summed E-state index contributed by atoms with van der Waals surface area (Å²) in [5, 5.41) is 5.14. The van der Waals surface area contributed by atoms with Gasteiger partial charge in [0, 0.05) is 18.8 Å². The van der Waals surface area contributed by atoms with Gasteiger partial charge in [-0.1, -0.05) is 30.3 Å². The van der Waals surface area contributed by atoms with Crippen LogP contribution in [0.25, 0.3) is 10.8 Å². The fourth-order valence-electron chi connectivity index (χ4n) is 3.65. The summed E-state index contributed by atoms with van der Waals surface area (Å²) in [7, 11) is 2.14. The van der Waals surface area contributed by atoms with E-state index in [0.29, 0.717) is 5.75 Å². The van der Waals surface area contributed by atoms with Gasteiger partial charge in [0.2, 0.25) is 0 Å². The first kappa shape index (κ1) is 20.2. The van der Waals surface area contributed by atoms with Crippen molar-refractivity contribution in [2.24, 2.45) is 0 Å². The molecule has 3 aromatic rings. The number of hydrogen-bond donors (Lipinski definition) is 1. The lowest BCUT2D eigenvalue weighted by Gasteiger charge is -2.29. The molecule has 0 spiro atoms. The van der Waals surface area contributed by atoms with Crippen LogP contribution in [-0.4, -0.2) is 43.2 Å². The van der Waals surface area contributed by atoms with E-state index in [1.54, 1.807) is 6.92 Å². The predicted octanol–water partition coefficient (Wildman–Crippen LogP) is 4.72. The number of anilines is 1. The van der Waals surface area contributed by atoms with Gasteiger partial charge in [-0.15, -0.1) is 0 Å². The zero-order valence-corrected chi connectivity index (χ0v) is 17.5. The van der Waals surface area contributed by atoms with Gasteiger partial charge in [0.15, 0.2) is 6.10 Å². The lowest BCUT2D eigenvalue weighted by Crippen LogP contribution is -2.35. The minimum Gasteiger partial charge on any atom is -0.490 e. The van der Waals surface area contributed by atoms with Crippen LogP contribution < -0.4 is 14.8 Å². The van der Waals surface area contributed by atoms with Crippen LogP contribution >= 0.6 is 0 Å². The molecule has 1 saturated heterocycles. The van der Waals surface area contributed by atoms with Crippen LogP contribution in [0.5, 0.6) is 11.5 Å². The molecule has 0 bridgehead atoms. The van der Waals surface area contributed by atoms with Gasteiger partial charge in [-0.2, -0.15) is 0 Å². The predicted molar refractivity (Wildman–Crippen MR) is 120 cm³/mol. The molecule has 5 nitrogen and oxygen atoms in total. The molecule has 3 aromatic carbocycles. The lowest BCUT2D eigenvalue weighted by atomic mass is 10.1. The topological polar surface area (TPSA) is 50.8 Å². The van der Waals surface area contributed by atoms with Crippen molar-refractivity contribution in [1.82, 2.24) is 4.90 Å². The first-order chi connectivity index (χ1) is 14.6. The monoisotopic (exact) mass is 404 g/mol. The second kappa shape index (κ2) is 9.18. The van der Waals surface area contributed by atoms with E-state index in [0.717, 1.165) is 48.1 Å². The van der Waals surface area contributed by atoms with Crippen LogP contribution in [0.3, 0.4) is 0 Å². The Morgan fingerprint density at radius 2 is 1.63 bits per heavy atom. The third kappa shape index (κ3) is 5.10. The van der Waals surface area contributed by atoms with E-state index in [2.05, 4.69) is 23.3 Å². The van der Waals surface area contributed by atoms with Crippen LogP contribution in [0.1, 0.15) is 19.8 Å². The summed E-state index contributed by atoms with van der Waals surface area (Å²) >= 11 is 0.